The first-order valence-corrected chi connectivity index (χ1v) is 35.8. The number of hydrogen-bond acceptors (Lipinski definition) is 6. The number of halogens is 1. The van der Waals surface area contributed by atoms with Crippen LogP contribution < -0.4 is 5.46 Å². The van der Waals surface area contributed by atoms with Crippen LogP contribution in [0.3, 0.4) is 0 Å². The molecule has 2 aliphatic rings. The molecular formula is C93H68BBrN5O6-. The summed E-state index contributed by atoms with van der Waals surface area (Å²) in [5.41, 5.74) is 19.1. The monoisotopic (exact) mass is 1440 g/mol. The van der Waals surface area contributed by atoms with Gasteiger partial charge in [0.25, 0.3) is 11.4 Å². The van der Waals surface area contributed by atoms with E-state index in [0.717, 1.165) is 49.9 Å². The van der Waals surface area contributed by atoms with Crippen LogP contribution in [0.4, 0.5) is 11.4 Å². The highest BCUT2D eigenvalue weighted by Crippen LogP contribution is 2.48. The first kappa shape index (κ1) is 65.7. The first-order chi connectivity index (χ1) is 50.6. The zero-order chi connectivity index (χ0) is 70.2. The van der Waals surface area contributed by atoms with Gasteiger partial charge in [-0.3, -0.25) is 20.2 Å². The molecular weight excluding hydrogens is 1370 g/mol. The minimum Gasteiger partial charge on any atom is -0.399 e. The van der Waals surface area contributed by atoms with Gasteiger partial charge in [-0.25, -0.2) is 0 Å². The van der Waals surface area contributed by atoms with Crippen molar-refractivity contribution < 1.29 is 19.2 Å². The van der Waals surface area contributed by atoms with Crippen LogP contribution >= 0.6 is 15.9 Å². The summed E-state index contributed by atoms with van der Waals surface area (Å²) >= 11 is 3.18. The van der Waals surface area contributed by atoms with Crippen molar-refractivity contribution in [2.45, 2.75) is 52.7 Å². The lowest BCUT2D eigenvalue weighted by Crippen LogP contribution is -2.41. The third-order valence-corrected chi connectivity index (χ3v) is 23.1. The van der Waals surface area contributed by atoms with E-state index in [0.29, 0.717) is 10.0 Å². The summed E-state index contributed by atoms with van der Waals surface area (Å²) in [4.78, 5) is 21.9. The maximum atomic E-state index is 11.9. The molecule has 13 heteroatoms. The van der Waals surface area contributed by atoms with Gasteiger partial charge in [-0.15, -0.1) is 0 Å². The predicted octanol–water partition coefficient (Wildman–Crippen LogP) is 24.9. The molecule has 0 spiro atoms. The van der Waals surface area contributed by atoms with E-state index in [1.54, 1.807) is 18.2 Å². The molecule has 0 N–H and O–H groups in total. The van der Waals surface area contributed by atoms with Crippen LogP contribution in [0.2, 0.25) is 0 Å². The van der Waals surface area contributed by atoms with E-state index in [1.807, 2.05) is 60.7 Å². The molecule has 11 nitrogen and oxygen atoms in total. The van der Waals surface area contributed by atoms with Gasteiger partial charge in [0.1, 0.15) is 0 Å². The lowest BCUT2D eigenvalue weighted by Gasteiger charge is -2.32. The smallest absolute Gasteiger partial charge is 0.399 e. The van der Waals surface area contributed by atoms with E-state index in [-0.39, 0.29) is 49.5 Å². The molecule has 0 bridgehead atoms. The van der Waals surface area contributed by atoms with Crippen LogP contribution in [-0.4, -0.2) is 41.4 Å². The minimum atomic E-state index is -0.392. The topological polar surface area (TPSA) is 118 Å². The molecule has 15 aromatic carbocycles. The number of fused-ring (bicyclic) bond motifs is 24. The van der Waals surface area contributed by atoms with Crippen LogP contribution in [0.15, 0.2) is 290 Å². The maximum Gasteiger partial charge on any atom is 0.494 e. The van der Waals surface area contributed by atoms with Crippen molar-refractivity contribution in [2.75, 3.05) is 0 Å². The van der Waals surface area contributed by atoms with Gasteiger partial charge < -0.3 is 29.9 Å². The van der Waals surface area contributed by atoms with Crippen molar-refractivity contribution >= 4 is 186 Å². The molecule has 23 rings (SSSR count). The van der Waals surface area contributed by atoms with Gasteiger partial charge >= 0.3 is 7.12 Å². The van der Waals surface area contributed by atoms with E-state index in [9.17, 15) is 20.2 Å². The van der Waals surface area contributed by atoms with Crippen LogP contribution in [0.5, 0.6) is 0 Å². The Bertz CT molecular complexity index is 7200. The second-order valence-electron chi connectivity index (χ2n) is 28.7. The molecule has 1 saturated heterocycles. The van der Waals surface area contributed by atoms with Crippen molar-refractivity contribution in [1.29, 1.82) is 0 Å². The van der Waals surface area contributed by atoms with Gasteiger partial charge in [-0.05, 0) is 182 Å². The van der Waals surface area contributed by atoms with Crippen LogP contribution in [0.25, 0.3) is 169 Å². The fraction of sp³-hybridized carbons (Fsp3) is 0.0860. The van der Waals surface area contributed by atoms with Gasteiger partial charge in [0, 0.05) is 76.8 Å². The van der Waals surface area contributed by atoms with Crippen molar-refractivity contribution in [3.63, 3.8) is 0 Å². The molecule has 512 valence electrons. The van der Waals surface area contributed by atoms with Gasteiger partial charge in [-0.1, -0.05) is 214 Å². The standard InChI is InChI=1S/C29H17N.C28H16N2O2.C24H22BNO2.C10H6BrNO2.CH4.CH3/c1-2-7-18-14-24-19(12-17(18)6-1)13-20-15-28-26(16-25(20)24)23-10-5-9-22-21-8-3-4-11-27(21)30(28)29(22)23;31-30(32)27-16-18-7-2-1-6-17(18)14-23(27)19-12-13-26-24(15-19)22-10-5-9-21-20-8-3-4-11-25(20)29(26)28(21)22;1-23(2)24(3,4)28-25(27-23)15-12-13-21-19(14-15)18-10-7-9-17-16-8-5-6-11-20(16)26(21)22(17)18;11-9-5-7-3-1-2-4-8(7)6-10(9)12(13)14;;/h1-12,14-16H,13H2;1-16H;5-14H,1-4H3;1-6H;1H4;1H3/q;;;;;-1. The Hall–Kier alpha value is -12.3. The number of benzene rings is 15. The third kappa shape index (κ3) is 9.86. The molecule has 1 fully saturated rings. The summed E-state index contributed by atoms with van der Waals surface area (Å²) in [6, 6.07) is 99.0. The maximum absolute atomic E-state index is 11.9. The molecule has 1 aliphatic carbocycles. The summed E-state index contributed by atoms with van der Waals surface area (Å²) in [6.07, 6.45) is 1.02. The Morgan fingerprint density at radius 2 is 0.698 bits per heavy atom. The first-order valence-electron chi connectivity index (χ1n) is 35.0. The highest BCUT2D eigenvalue weighted by Gasteiger charge is 2.52. The zero-order valence-electron chi connectivity index (χ0n) is 58.0. The summed E-state index contributed by atoms with van der Waals surface area (Å²) < 4.78 is 20.3. The Labute approximate surface area is 618 Å². The molecule has 1 aliphatic heterocycles. The Morgan fingerprint density at radius 1 is 0.349 bits per heavy atom. The van der Waals surface area contributed by atoms with Gasteiger partial charge in [0.2, 0.25) is 0 Å². The van der Waals surface area contributed by atoms with Crippen molar-refractivity contribution in [1.82, 2.24) is 13.2 Å². The summed E-state index contributed by atoms with van der Waals surface area (Å²) in [5, 5.41) is 44.2. The molecule has 21 aromatic rings. The van der Waals surface area contributed by atoms with E-state index < -0.39 is 4.92 Å². The Balaban J connectivity index is 0.000000103. The summed E-state index contributed by atoms with van der Waals surface area (Å²) in [5.74, 6) is 0. The summed E-state index contributed by atoms with van der Waals surface area (Å²) in [6.45, 7) is 8.38. The number of rotatable bonds is 4. The molecule has 7 heterocycles. The predicted molar refractivity (Wildman–Crippen MR) is 446 cm³/mol. The quantitative estimate of drug-likeness (QED) is 0.0750. The van der Waals surface area contributed by atoms with Crippen LogP contribution in [-0.2, 0) is 15.7 Å². The van der Waals surface area contributed by atoms with E-state index >= 15 is 0 Å². The number of nitro benzene ring substituents is 2. The van der Waals surface area contributed by atoms with Crippen LogP contribution in [0, 0.1) is 27.7 Å². The molecule has 0 radical (unpaired) electrons. The fourth-order valence-electron chi connectivity index (χ4n) is 16.9. The lowest BCUT2D eigenvalue weighted by molar-refractivity contribution is -0.385. The third-order valence-electron chi connectivity index (χ3n) is 22.5. The average Bonchev–Trinajstić information content (AvgIpc) is 1.55. The SMILES string of the molecule is C.CC1(C)OB(c2ccc3c(c2)c2cccc4c5ccccc5n3c42)OC1(C)C.O=[N+]([O-])c1cc2ccccc2cc1-c1ccc2c(c1)c1cccc3c4ccccc4n2c31.O=[N+]([O-])c1cc2ccccc2cc1Br.[CH3-].c1ccc2cc3c(cc2c1)Cc1cc2c(cc1-3)c1cccc3c4ccccc4n2c31. The number of para-hydroxylation sites is 6. The molecule has 106 heavy (non-hydrogen) atoms. The number of nitrogens with zero attached hydrogens (tertiary/aromatic N) is 5. The lowest BCUT2D eigenvalue weighted by atomic mass is 9.78. The molecule has 0 saturated carbocycles. The van der Waals surface area contributed by atoms with Gasteiger partial charge in [0.15, 0.2) is 0 Å². The van der Waals surface area contributed by atoms with E-state index in [2.05, 4.69) is 263 Å². The van der Waals surface area contributed by atoms with Crippen molar-refractivity contribution in [2.24, 2.45) is 0 Å². The Kier molecular flexibility index (Phi) is 15.2. The second-order valence-corrected chi connectivity index (χ2v) is 29.6. The molecule has 0 unspecified atom stereocenters. The largest absolute Gasteiger partial charge is 0.494 e. The number of nitro groups is 2. The molecule has 6 aromatic heterocycles. The number of hydrogen-bond donors (Lipinski definition) is 0. The van der Waals surface area contributed by atoms with Crippen molar-refractivity contribution in [3.8, 4) is 22.3 Å². The average molecular weight is 1440 g/mol. The highest BCUT2D eigenvalue weighted by atomic mass is 79.9. The summed E-state index contributed by atoms with van der Waals surface area (Å²) in [7, 11) is -0.341. The highest BCUT2D eigenvalue weighted by molar-refractivity contribution is 9.10. The van der Waals surface area contributed by atoms with Crippen molar-refractivity contribution in [3.05, 3.63) is 328 Å². The molecule has 0 amide bonds. The van der Waals surface area contributed by atoms with E-state index in [4.69, 9.17) is 9.31 Å². The van der Waals surface area contributed by atoms with E-state index in [1.165, 1.54) is 136 Å². The van der Waals surface area contributed by atoms with Crippen LogP contribution in [0.1, 0.15) is 46.2 Å². The second kappa shape index (κ2) is 24.4. The normalized spacial score (nSPS) is 13.7. The van der Waals surface area contributed by atoms with Gasteiger partial charge in [0.05, 0.1) is 80.7 Å². The minimum absolute atomic E-state index is 0. The van der Waals surface area contributed by atoms with Gasteiger partial charge in [-0.2, -0.15) is 0 Å². The zero-order valence-corrected chi connectivity index (χ0v) is 59.6. The Morgan fingerprint density at radius 3 is 1.19 bits per heavy atom. The molecule has 0 atom stereocenters. The fourth-order valence-corrected chi connectivity index (χ4v) is 17.4. The number of aromatic nitrogens is 3.